The zero-order chi connectivity index (χ0) is 19.9. The largest absolute Gasteiger partial charge is 0.303 e. The van der Waals surface area contributed by atoms with Gasteiger partial charge < -0.3 is 9.59 Å². The highest BCUT2D eigenvalue weighted by atomic mass is 19.1. The normalized spacial score (nSPS) is 20.6. The average molecular weight is 382 g/mol. The molecule has 2 aromatic rings. The van der Waals surface area contributed by atoms with Crippen molar-refractivity contribution < 1.29 is 23.2 Å². The van der Waals surface area contributed by atoms with Crippen molar-refractivity contribution in [1.29, 1.82) is 0 Å². The molecule has 2 atom stereocenters. The number of hydrogen-bond acceptors (Lipinski definition) is 3. The van der Waals surface area contributed by atoms with E-state index in [1.165, 1.54) is 36.4 Å². The Balaban J connectivity index is 1.86. The average Bonchev–Trinajstić information content (AvgIpc) is 3.62. The lowest BCUT2D eigenvalue weighted by atomic mass is 9.70. The zero-order valence-electron chi connectivity index (χ0n) is 15.2. The van der Waals surface area contributed by atoms with Crippen LogP contribution in [0.1, 0.15) is 48.6 Å². The summed E-state index contributed by atoms with van der Waals surface area (Å²) in [4.78, 5) is 37.5. The lowest BCUT2D eigenvalue weighted by Crippen LogP contribution is -2.34. The minimum atomic E-state index is -1.03. The van der Waals surface area contributed by atoms with Crippen molar-refractivity contribution in [3.63, 3.8) is 0 Å². The Morgan fingerprint density at radius 1 is 0.750 bits per heavy atom. The Morgan fingerprint density at radius 3 is 1.39 bits per heavy atom. The van der Waals surface area contributed by atoms with Gasteiger partial charge in [0.05, 0.1) is 11.8 Å². The molecule has 0 N–H and O–H groups in total. The first-order valence-corrected chi connectivity index (χ1v) is 9.43. The topological polar surface area (TPSA) is 51.2 Å². The maximum atomic E-state index is 14.6. The highest BCUT2D eigenvalue weighted by Crippen LogP contribution is 2.61. The summed E-state index contributed by atoms with van der Waals surface area (Å²) in [6.07, 6.45) is 3.33. The molecule has 28 heavy (non-hydrogen) atoms. The minimum absolute atomic E-state index is 0.139. The SMILES string of the molecule is O=CC1(C(C(=O)C(c2ccccc2F)C2(C=O)CC2)c2ccccc2F)CC1. The summed E-state index contributed by atoms with van der Waals surface area (Å²) in [5, 5.41) is 0. The van der Waals surface area contributed by atoms with Crippen LogP contribution in [0.4, 0.5) is 8.78 Å². The van der Waals surface area contributed by atoms with Crippen LogP contribution in [-0.2, 0) is 14.4 Å². The summed E-state index contributed by atoms with van der Waals surface area (Å²) in [5.41, 5.74) is -1.69. The van der Waals surface area contributed by atoms with E-state index < -0.39 is 40.1 Å². The second-order valence-corrected chi connectivity index (χ2v) is 8.01. The Bertz CT molecular complexity index is 869. The van der Waals surface area contributed by atoms with E-state index in [1.807, 2.05) is 0 Å². The summed E-state index contributed by atoms with van der Waals surface area (Å²) in [6, 6.07) is 11.8. The van der Waals surface area contributed by atoms with Crippen LogP contribution in [0.15, 0.2) is 48.5 Å². The lowest BCUT2D eigenvalue weighted by Gasteiger charge is -2.30. The number of benzene rings is 2. The lowest BCUT2D eigenvalue weighted by molar-refractivity contribution is -0.130. The summed E-state index contributed by atoms with van der Waals surface area (Å²) >= 11 is 0. The van der Waals surface area contributed by atoms with Crippen LogP contribution in [0.3, 0.4) is 0 Å². The molecule has 0 spiro atoms. The van der Waals surface area contributed by atoms with Gasteiger partial charge in [0.25, 0.3) is 0 Å². The third kappa shape index (κ3) is 2.89. The molecule has 2 fully saturated rings. The van der Waals surface area contributed by atoms with Crippen LogP contribution in [0, 0.1) is 22.5 Å². The highest BCUT2D eigenvalue weighted by molar-refractivity contribution is 5.99. The second-order valence-electron chi connectivity index (χ2n) is 8.01. The number of halogens is 2. The number of ketones is 1. The zero-order valence-corrected chi connectivity index (χ0v) is 15.2. The van der Waals surface area contributed by atoms with Gasteiger partial charge in [-0.2, -0.15) is 0 Å². The molecule has 3 nitrogen and oxygen atoms in total. The Kier molecular flexibility index (Phi) is 4.48. The summed E-state index contributed by atoms with van der Waals surface area (Å²) < 4.78 is 29.2. The van der Waals surface area contributed by atoms with Crippen LogP contribution in [-0.4, -0.2) is 18.4 Å². The van der Waals surface area contributed by atoms with Gasteiger partial charge in [0.1, 0.15) is 30.0 Å². The Morgan fingerprint density at radius 2 is 1.11 bits per heavy atom. The molecule has 2 aromatic carbocycles. The fraction of sp³-hybridized carbons (Fsp3) is 0.348. The molecule has 144 valence electrons. The molecule has 0 amide bonds. The summed E-state index contributed by atoms with van der Waals surface area (Å²) in [6.45, 7) is 0. The van der Waals surface area contributed by atoms with E-state index >= 15 is 0 Å². The molecule has 2 unspecified atom stereocenters. The molecule has 0 radical (unpaired) electrons. The quantitative estimate of drug-likeness (QED) is 0.638. The fourth-order valence-corrected chi connectivity index (χ4v) is 4.32. The van der Waals surface area contributed by atoms with Gasteiger partial charge in [-0.3, -0.25) is 4.79 Å². The van der Waals surface area contributed by atoms with Crippen molar-refractivity contribution in [1.82, 2.24) is 0 Å². The maximum absolute atomic E-state index is 14.6. The third-order valence-corrected chi connectivity index (χ3v) is 6.28. The van der Waals surface area contributed by atoms with Gasteiger partial charge in [-0.25, -0.2) is 8.78 Å². The molecule has 2 aliphatic rings. The van der Waals surface area contributed by atoms with Crippen LogP contribution in [0.2, 0.25) is 0 Å². The van der Waals surface area contributed by atoms with Crippen molar-refractivity contribution in [3.8, 4) is 0 Å². The van der Waals surface area contributed by atoms with Gasteiger partial charge >= 0.3 is 0 Å². The molecular formula is C23H20F2O3. The van der Waals surface area contributed by atoms with E-state index in [2.05, 4.69) is 0 Å². The van der Waals surface area contributed by atoms with Crippen LogP contribution >= 0.6 is 0 Å². The third-order valence-electron chi connectivity index (χ3n) is 6.28. The molecule has 4 rings (SSSR count). The smallest absolute Gasteiger partial charge is 0.149 e. The first-order valence-electron chi connectivity index (χ1n) is 9.43. The number of hydrogen-bond donors (Lipinski definition) is 0. The molecule has 0 saturated heterocycles. The molecule has 0 aromatic heterocycles. The number of carbonyl (C=O) groups is 3. The van der Waals surface area contributed by atoms with E-state index in [-0.39, 0.29) is 11.1 Å². The Labute approximate surface area is 161 Å². The van der Waals surface area contributed by atoms with Crippen LogP contribution in [0.5, 0.6) is 0 Å². The highest BCUT2D eigenvalue weighted by Gasteiger charge is 2.60. The molecule has 0 heterocycles. The fourth-order valence-electron chi connectivity index (χ4n) is 4.32. The first kappa shape index (κ1) is 18.7. The molecule has 0 aliphatic heterocycles. The van der Waals surface area contributed by atoms with E-state index in [4.69, 9.17) is 0 Å². The standard InChI is InChI=1S/C23H20F2O3/c24-17-7-3-1-5-15(17)19(22(13-26)9-10-22)21(28)20(23(14-27)11-12-23)16-6-2-4-8-18(16)25/h1-8,13-14,19-20H,9-12H2. The molecule has 0 bridgehead atoms. The Hall–Kier alpha value is -2.69. The molecule has 2 saturated carbocycles. The van der Waals surface area contributed by atoms with Crippen molar-refractivity contribution in [2.45, 2.75) is 37.5 Å². The predicted octanol–water partition coefficient (Wildman–Crippen LogP) is 4.36. The summed E-state index contributed by atoms with van der Waals surface area (Å²) in [7, 11) is 0. The van der Waals surface area contributed by atoms with E-state index in [1.54, 1.807) is 12.1 Å². The van der Waals surface area contributed by atoms with Gasteiger partial charge in [0, 0.05) is 10.8 Å². The van der Waals surface area contributed by atoms with Gasteiger partial charge in [0.2, 0.25) is 0 Å². The van der Waals surface area contributed by atoms with Gasteiger partial charge in [-0.15, -0.1) is 0 Å². The van der Waals surface area contributed by atoms with Crippen LogP contribution in [0.25, 0.3) is 0 Å². The van der Waals surface area contributed by atoms with E-state index in [9.17, 15) is 23.2 Å². The number of rotatable bonds is 8. The van der Waals surface area contributed by atoms with Gasteiger partial charge in [-0.1, -0.05) is 36.4 Å². The second kappa shape index (κ2) is 6.73. The van der Waals surface area contributed by atoms with Gasteiger partial charge in [-0.05, 0) is 48.9 Å². The predicted molar refractivity (Wildman–Crippen MR) is 98.8 cm³/mol. The van der Waals surface area contributed by atoms with Crippen molar-refractivity contribution in [2.24, 2.45) is 10.8 Å². The van der Waals surface area contributed by atoms with Crippen molar-refractivity contribution in [2.75, 3.05) is 0 Å². The summed E-state index contributed by atoms with van der Waals surface area (Å²) in [5.74, 6) is -3.67. The number of Topliss-reactive ketones (excluding diaryl/α,β-unsaturated/α-hetero) is 1. The molecular weight excluding hydrogens is 362 g/mol. The number of carbonyl (C=O) groups excluding carboxylic acids is 3. The molecule has 2 aliphatic carbocycles. The van der Waals surface area contributed by atoms with E-state index in [0.717, 1.165) is 12.6 Å². The monoisotopic (exact) mass is 382 g/mol. The molecule has 5 heteroatoms. The maximum Gasteiger partial charge on any atom is 0.149 e. The minimum Gasteiger partial charge on any atom is -0.303 e. The van der Waals surface area contributed by atoms with Crippen LogP contribution < -0.4 is 0 Å². The number of aldehydes is 2. The van der Waals surface area contributed by atoms with E-state index in [0.29, 0.717) is 25.7 Å². The first-order chi connectivity index (χ1) is 13.5. The van der Waals surface area contributed by atoms with Crippen molar-refractivity contribution in [3.05, 3.63) is 71.3 Å². The van der Waals surface area contributed by atoms with Crippen molar-refractivity contribution >= 4 is 18.4 Å². The van der Waals surface area contributed by atoms with Gasteiger partial charge in [0.15, 0.2) is 0 Å².